The fraction of sp³-hybridized carbons (Fsp3) is 0.455. The molecule has 0 fully saturated rings. The number of nitrogens with zero attached hydrogens (tertiary/aromatic N) is 1. The van der Waals surface area contributed by atoms with Gasteiger partial charge in [0.25, 0.3) is 11.8 Å². The van der Waals surface area contributed by atoms with Crippen LogP contribution < -0.4 is 10.6 Å². The van der Waals surface area contributed by atoms with Gasteiger partial charge in [-0.3, -0.25) is 9.59 Å². The number of imidazole rings is 1. The first-order valence-electron chi connectivity index (χ1n) is 10.0. The number of rotatable bonds is 7. The topological polar surface area (TPSA) is 122 Å². The van der Waals surface area contributed by atoms with Gasteiger partial charge in [0.15, 0.2) is 11.7 Å². The molecule has 174 valence electrons. The Bertz CT molecular complexity index is 975. The fourth-order valence-electron chi connectivity index (χ4n) is 2.49. The minimum absolute atomic E-state index is 0.0583. The summed E-state index contributed by atoms with van der Waals surface area (Å²) in [6, 6.07) is 4.47. The van der Waals surface area contributed by atoms with Crippen molar-refractivity contribution >= 4 is 23.5 Å². The summed E-state index contributed by atoms with van der Waals surface area (Å²) in [5.41, 5.74) is -1.85. The lowest BCUT2D eigenvalue weighted by Crippen LogP contribution is -2.48. The van der Waals surface area contributed by atoms with Gasteiger partial charge in [0.1, 0.15) is 17.1 Å². The number of carbonyl (C=O) groups is 3. The molecular formula is C22H29FN4O5. The number of amides is 2. The first kappa shape index (κ1) is 25.0. The van der Waals surface area contributed by atoms with Crippen molar-refractivity contribution in [2.75, 3.05) is 11.9 Å². The highest BCUT2D eigenvalue weighted by Crippen LogP contribution is 2.16. The molecule has 0 unspecified atom stereocenters. The lowest BCUT2D eigenvalue weighted by atomic mass is 10.1. The first-order valence-corrected chi connectivity index (χ1v) is 10.0. The first-order chi connectivity index (χ1) is 14.8. The Hall–Kier alpha value is -3.27. The Morgan fingerprint density at radius 3 is 2.31 bits per heavy atom. The van der Waals surface area contributed by atoms with Gasteiger partial charge in [-0.25, -0.2) is 14.2 Å². The molecule has 9 nitrogen and oxygen atoms in total. The number of halogens is 1. The van der Waals surface area contributed by atoms with E-state index in [1.54, 1.807) is 47.6 Å². The number of nitrogens with one attached hydrogen (secondary N) is 3. The highest BCUT2D eigenvalue weighted by molar-refractivity contribution is 6.10. The molecule has 0 saturated carbocycles. The van der Waals surface area contributed by atoms with E-state index in [1.165, 1.54) is 18.2 Å². The van der Waals surface area contributed by atoms with E-state index in [1.807, 2.05) is 0 Å². The van der Waals surface area contributed by atoms with Gasteiger partial charge in [-0.15, -0.1) is 0 Å². The molecule has 0 spiro atoms. The minimum atomic E-state index is -1.13. The molecule has 0 aliphatic rings. The predicted molar refractivity (Wildman–Crippen MR) is 116 cm³/mol. The smallest absolute Gasteiger partial charge is 0.331 e. The second kappa shape index (κ2) is 9.90. The number of benzene rings is 1. The van der Waals surface area contributed by atoms with Crippen LogP contribution in [-0.4, -0.2) is 51.6 Å². The molecule has 0 saturated heterocycles. The third-order valence-electron chi connectivity index (χ3n) is 3.88. The zero-order valence-corrected chi connectivity index (χ0v) is 19.0. The largest absolute Gasteiger partial charge is 0.458 e. The Balaban J connectivity index is 2.19. The summed E-state index contributed by atoms with van der Waals surface area (Å²) in [5.74, 6) is -2.88. The van der Waals surface area contributed by atoms with Gasteiger partial charge in [-0.2, -0.15) is 0 Å². The van der Waals surface area contributed by atoms with E-state index in [9.17, 15) is 18.8 Å². The van der Waals surface area contributed by atoms with Crippen molar-refractivity contribution in [1.29, 1.82) is 0 Å². The van der Waals surface area contributed by atoms with Crippen molar-refractivity contribution < 1.29 is 28.2 Å². The minimum Gasteiger partial charge on any atom is -0.458 e. The monoisotopic (exact) mass is 448 g/mol. The van der Waals surface area contributed by atoms with Crippen LogP contribution in [0.3, 0.4) is 0 Å². The summed E-state index contributed by atoms with van der Waals surface area (Å²) < 4.78 is 24.9. The van der Waals surface area contributed by atoms with E-state index in [0.29, 0.717) is 0 Å². The normalized spacial score (nSPS) is 12.7. The van der Waals surface area contributed by atoms with Gasteiger partial charge < -0.3 is 25.1 Å². The summed E-state index contributed by atoms with van der Waals surface area (Å²) in [4.78, 5) is 44.5. The molecule has 32 heavy (non-hydrogen) atoms. The maximum Gasteiger partial charge on any atom is 0.331 e. The van der Waals surface area contributed by atoms with Gasteiger partial charge >= 0.3 is 5.97 Å². The lowest BCUT2D eigenvalue weighted by molar-refractivity contribution is -0.160. The van der Waals surface area contributed by atoms with Crippen LogP contribution in [0.15, 0.2) is 30.6 Å². The molecule has 1 aromatic heterocycles. The second-order valence-electron chi connectivity index (χ2n) is 9.04. The standard InChI is InChI=1S/C22H29FN4O5/c1-21(2,3)31-11-15(20(30)32-22(4,5)6)27-19(29)17-16(24-12-25-17)18(28)26-14-10-8-7-9-13(14)23/h7-10,12,15H,11H2,1-6H3,(H,24,25)(H,26,28)(H,27,29)/t15-/m0/s1. The third-order valence-corrected chi connectivity index (χ3v) is 3.88. The van der Waals surface area contributed by atoms with Crippen molar-refractivity contribution in [3.63, 3.8) is 0 Å². The number of esters is 1. The van der Waals surface area contributed by atoms with Crippen LogP contribution in [0.1, 0.15) is 62.5 Å². The lowest BCUT2D eigenvalue weighted by Gasteiger charge is -2.27. The number of ether oxygens (including phenoxy) is 2. The van der Waals surface area contributed by atoms with E-state index in [0.717, 1.165) is 6.33 Å². The second-order valence-corrected chi connectivity index (χ2v) is 9.04. The highest BCUT2D eigenvalue weighted by atomic mass is 19.1. The van der Waals surface area contributed by atoms with Crippen molar-refractivity contribution in [3.05, 3.63) is 47.8 Å². The molecule has 2 rings (SSSR count). The van der Waals surface area contributed by atoms with Crippen molar-refractivity contribution in [1.82, 2.24) is 15.3 Å². The fourth-order valence-corrected chi connectivity index (χ4v) is 2.49. The number of para-hydroxylation sites is 1. The zero-order valence-electron chi connectivity index (χ0n) is 19.0. The van der Waals surface area contributed by atoms with Crippen LogP contribution in [0.25, 0.3) is 0 Å². The Kier molecular flexibility index (Phi) is 7.73. The van der Waals surface area contributed by atoms with Crippen LogP contribution in [-0.2, 0) is 14.3 Å². The number of hydrogen-bond donors (Lipinski definition) is 3. The predicted octanol–water partition coefficient (Wildman–Crippen LogP) is 3.06. The third kappa shape index (κ3) is 7.45. The van der Waals surface area contributed by atoms with Gasteiger partial charge in [-0.1, -0.05) is 12.1 Å². The summed E-state index contributed by atoms with van der Waals surface area (Å²) in [5, 5.41) is 4.89. The Morgan fingerprint density at radius 1 is 1.06 bits per heavy atom. The molecule has 0 aliphatic heterocycles. The highest BCUT2D eigenvalue weighted by Gasteiger charge is 2.31. The molecule has 1 atom stereocenters. The average Bonchev–Trinajstić information content (AvgIpc) is 3.14. The van der Waals surface area contributed by atoms with Crippen molar-refractivity contribution in [2.24, 2.45) is 0 Å². The van der Waals surface area contributed by atoms with Gasteiger partial charge in [-0.05, 0) is 53.7 Å². The van der Waals surface area contributed by atoms with E-state index >= 15 is 0 Å². The molecule has 3 N–H and O–H groups in total. The van der Waals surface area contributed by atoms with Crippen LogP contribution in [0.5, 0.6) is 0 Å². The molecule has 2 amide bonds. The van der Waals surface area contributed by atoms with Crippen LogP contribution in [0.4, 0.5) is 10.1 Å². The Labute approximate surface area is 186 Å². The summed E-state index contributed by atoms with van der Waals surface area (Å²) in [7, 11) is 0. The SMILES string of the molecule is CC(C)(C)OC[C@H](NC(=O)c1[nH]cnc1C(=O)Nc1ccccc1F)C(=O)OC(C)(C)C. The average molecular weight is 448 g/mol. The van der Waals surface area contributed by atoms with E-state index in [2.05, 4.69) is 20.6 Å². The molecule has 1 heterocycles. The summed E-state index contributed by atoms with van der Waals surface area (Å²) in [6.45, 7) is 10.4. The molecular weight excluding hydrogens is 419 g/mol. The van der Waals surface area contributed by atoms with Gasteiger partial charge in [0.2, 0.25) is 0 Å². The number of anilines is 1. The molecule has 1 aromatic carbocycles. The van der Waals surface area contributed by atoms with Crippen molar-refractivity contribution in [2.45, 2.75) is 58.8 Å². The number of aromatic amines is 1. The maximum absolute atomic E-state index is 13.8. The van der Waals surface area contributed by atoms with E-state index in [-0.39, 0.29) is 23.7 Å². The Morgan fingerprint density at radius 2 is 1.72 bits per heavy atom. The van der Waals surface area contributed by atoms with Gasteiger partial charge in [0, 0.05) is 0 Å². The summed E-state index contributed by atoms with van der Waals surface area (Å²) in [6.07, 6.45) is 1.15. The number of carbonyl (C=O) groups excluding carboxylic acids is 3. The van der Waals surface area contributed by atoms with Crippen LogP contribution in [0.2, 0.25) is 0 Å². The van der Waals surface area contributed by atoms with E-state index in [4.69, 9.17) is 9.47 Å². The van der Waals surface area contributed by atoms with E-state index < -0.39 is 40.8 Å². The molecule has 0 bridgehead atoms. The molecule has 0 aliphatic carbocycles. The zero-order chi connectivity index (χ0) is 24.1. The van der Waals surface area contributed by atoms with Crippen LogP contribution >= 0.6 is 0 Å². The maximum atomic E-state index is 13.8. The van der Waals surface area contributed by atoms with Gasteiger partial charge in [0.05, 0.1) is 24.2 Å². The van der Waals surface area contributed by atoms with Crippen LogP contribution in [0, 0.1) is 5.82 Å². The van der Waals surface area contributed by atoms with Crippen molar-refractivity contribution in [3.8, 4) is 0 Å². The number of H-pyrrole nitrogens is 1. The molecule has 10 heteroatoms. The summed E-state index contributed by atoms with van der Waals surface area (Å²) >= 11 is 0. The number of hydrogen-bond acceptors (Lipinski definition) is 6. The molecule has 0 radical (unpaired) electrons. The quantitative estimate of drug-likeness (QED) is 0.560. The number of aromatic nitrogens is 2. The molecule has 2 aromatic rings.